The molecule has 0 amide bonds. The molecule has 0 aliphatic heterocycles. The Labute approximate surface area is 225 Å². The molecule has 0 aliphatic carbocycles. The lowest BCUT2D eigenvalue weighted by Gasteiger charge is -2.33. The zero-order valence-electron chi connectivity index (χ0n) is 18.6. The first-order valence-corrected chi connectivity index (χ1v) is 13.3. The number of anilines is 1. The van der Waals surface area contributed by atoms with Crippen molar-refractivity contribution in [2.75, 3.05) is 4.31 Å². The smallest absolute Gasteiger partial charge is 0.369 e. The van der Waals surface area contributed by atoms with E-state index in [-0.39, 0.29) is 14.4 Å². The van der Waals surface area contributed by atoms with Crippen LogP contribution in [0.3, 0.4) is 0 Å². The van der Waals surface area contributed by atoms with Crippen LogP contribution in [-0.4, -0.2) is 30.9 Å². The van der Waals surface area contributed by atoms with Gasteiger partial charge in [0.05, 0.1) is 22.1 Å². The first-order valence-electron chi connectivity index (χ1n) is 10.3. The first-order chi connectivity index (χ1) is 17.6. The van der Waals surface area contributed by atoms with Gasteiger partial charge in [0.25, 0.3) is 15.6 Å². The topological polar surface area (TPSA) is 70.5 Å². The number of aliphatic hydroxyl groups is 1. The Morgan fingerprint density at radius 1 is 0.921 bits per heavy atom. The summed E-state index contributed by atoms with van der Waals surface area (Å²) in [5.41, 5.74) is -6.04. The molecule has 0 saturated heterocycles. The Balaban J connectivity index is 1.83. The summed E-state index contributed by atoms with van der Waals surface area (Å²) < 4.78 is 108. The van der Waals surface area contributed by atoms with Crippen molar-refractivity contribution in [3.63, 3.8) is 0 Å². The molecule has 0 spiro atoms. The lowest BCUT2D eigenvalue weighted by Crippen LogP contribution is -2.53. The number of thiophene rings is 1. The van der Waals surface area contributed by atoms with Crippen LogP contribution in [-0.2, 0) is 22.2 Å². The average Bonchev–Trinajstić information content (AvgIpc) is 3.19. The molecule has 1 N–H and O–H groups in total. The van der Waals surface area contributed by atoms with Crippen LogP contribution in [0.5, 0.6) is 0 Å². The van der Waals surface area contributed by atoms with Gasteiger partial charge in [-0.3, -0.25) is 9.29 Å². The molecule has 0 saturated carbocycles. The van der Waals surface area contributed by atoms with Gasteiger partial charge in [-0.15, -0.1) is 11.3 Å². The fourth-order valence-corrected chi connectivity index (χ4v) is 7.23. The number of benzene rings is 2. The third-order valence-electron chi connectivity index (χ3n) is 5.56. The SMILES string of the molecule is O=S(=O)(c1cc(Cl)sc1Cl)N(Cc1cnc2ccccc2c1)c1ccc(C(O)(C(F)(F)F)C(F)(F)F)cc1. The van der Waals surface area contributed by atoms with Gasteiger partial charge in [0.1, 0.15) is 9.23 Å². The molecule has 0 atom stereocenters. The van der Waals surface area contributed by atoms with E-state index in [0.29, 0.717) is 28.6 Å². The molecule has 15 heteroatoms. The quantitative estimate of drug-likeness (QED) is 0.231. The maximum Gasteiger partial charge on any atom is 0.430 e. The van der Waals surface area contributed by atoms with Gasteiger partial charge in [-0.05, 0) is 35.9 Å². The molecule has 0 unspecified atom stereocenters. The summed E-state index contributed by atoms with van der Waals surface area (Å²) in [7, 11) is -4.53. The molecule has 4 aromatic rings. The highest BCUT2D eigenvalue weighted by atomic mass is 35.5. The number of sulfonamides is 1. The van der Waals surface area contributed by atoms with Crippen molar-refractivity contribution in [3.8, 4) is 0 Å². The molecule has 0 fully saturated rings. The van der Waals surface area contributed by atoms with Crippen LogP contribution in [0.2, 0.25) is 8.67 Å². The van der Waals surface area contributed by atoms with Crippen molar-refractivity contribution >= 4 is 61.2 Å². The van der Waals surface area contributed by atoms with Crippen LogP contribution in [0.1, 0.15) is 11.1 Å². The summed E-state index contributed by atoms with van der Waals surface area (Å²) in [5.74, 6) is 0. The van der Waals surface area contributed by atoms with Crippen molar-refractivity contribution in [3.05, 3.63) is 86.7 Å². The van der Waals surface area contributed by atoms with Gasteiger partial charge in [-0.25, -0.2) is 8.42 Å². The van der Waals surface area contributed by atoms with E-state index < -0.39 is 45.0 Å². The molecule has 2 heterocycles. The second kappa shape index (κ2) is 9.87. The predicted octanol–water partition coefficient (Wildman–Crippen LogP) is 7.31. The number of rotatable bonds is 6. The van der Waals surface area contributed by atoms with E-state index in [4.69, 9.17) is 23.2 Å². The minimum Gasteiger partial charge on any atom is -0.369 e. The van der Waals surface area contributed by atoms with E-state index in [2.05, 4.69) is 4.98 Å². The van der Waals surface area contributed by atoms with Gasteiger partial charge >= 0.3 is 12.4 Å². The third-order valence-corrected chi connectivity index (χ3v) is 9.09. The Kier molecular flexibility index (Phi) is 7.38. The second-order valence-corrected chi connectivity index (χ2v) is 12.1. The van der Waals surface area contributed by atoms with E-state index >= 15 is 0 Å². The number of fused-ring (bicyclic) bond motifs is 1. The molecule has 202 valence electrons. The Morgan fingerprint density at radius 2 is 1.53 bits per heavy atom. The van der Waals surface area contributed by atoms with Crippen LogP contribution >= 0.6 is 34.5 Å². The van der Waals surface area contributed by atoms with Crippen LogP contribution in [0.25, 0.3) is 10.9 Å². The fraction of sp³-hybridized carbons (Fsp3) is 0.174. The van der Waals surface area contributed by atoms with Crippen molar-refractivity contribution in [2.45, 2.75) is 29.4 Å². The lowest BCUT2D eigenvalue weighted by molar-refractivity contribution is -0.376. The van der Waals surface area contributed by atoms with Gasteiger partial charge < -0.3 is 5.11 Å². The summed E-state index contributed by atoms with van der Waals surface area (Å²) in [6, 6.07) is 11.8. The number of pyridine rings is 1. The highest BCUT2D eigenvalue weighted by Crippen LogP contribution is 2.50. The number of hydrogen-bond acceptors (Lipinski definition) is 5. The van der Waals surface area contributed by atoms with Crippen LogP contribution < -0.4 is 4.31 Å². The molecule has 4 rings (SSSR count). The normalized spacial score (nSPS) is 13.2. The molecular weight excluding hydrogens is 601 g/mol. The van der Waals surface area contributed by atoms with Crippen molar-refractivity contribution < 1.29 is 39.9 Å². The van der Waals surface area contributed by atoms with Gasteiger partial charge in [-0.1, -0.05) is 53.5 Å². The van der Waals surface area contributed by atoms with E-state index in [9.17, 15) is 39.9 Å². The van der Waals surface area contributed by atoms with Crippen LogP contribution in [0, 0.1) is 0 Å². The maximum absolute atomic E-state index is 13.6. The minimum absolute atomic E-state index is 0.0386. The molecule has 0 radical (unpaired) electrons. The molecular formula is C23H14Cl2F6N2O3S2. The summed E-state index contributed by atoms with van der Waals surface area (Å²) in [6.45, 7) is -0.411. The van der Waals surface area contributed by atoms with E-state index in [1.807, 2.05) is 0 Å². The highest BCUT2D eigenvalue weighted by molar-refractivity contribution is 7.93. The van der Waals surface area contributed by atoms with Gasteiger partial charge in [0, 0.05) is 17.1 Å². The monoisotopic (exact) mass is 614 g/mol. The zero-order valence-corrected chi connectivity index (χ0v) is 21.7. The number of alkyl halides is 6. The second-order valence-electron chi connectivity index (χ2n) is 7.99. The largest absolute Gasteiger partial charge is 0.430 e. The summed E-state index contributed by atoms with van der Waals surface area (Å²) in [4.78, 5) is 3.85. The summed E-state index contributed by atoms with van der Waals surface area (Å²) >= 11 is 12.7. The predicted molar refractivity (Wildman–Crippen MR) is 132 cm³/mol. The fourth-order valence-electron chi connectivity index (χ4n) is 3.66. The molecule has 2 aromatic heterocycles. The third kappa shape index (κ3) is 5.05. The Morgan fingerprint density at radius 3 is 2.08 bits per heavy atom. The summed E-state index contributed by atoms with van der Waals surface area (Å²) in [6.07, 6.45) is -10.8. The van der Waals surface area contributed by atoms with Gasteiger partial charge in [0.15, 0.2) is 0 Å². The average molecular weight is 615 g/mol. The molecule has 38 heavy (non-hydrogen) atoms. The zero-order chi connectivity index (χ0) is 28.1. The first kappa shape index (κ1) is 28.4. The van der Waals surface area contributed by atoms with Crippen LogP contribution in [0.4, 0.5) is 32.0 Å². The van der Waals surface area contributed by atoms with E-state index in [1.54, 1.807) is 30.3 Å². The standard InChI is InChI=1S/C23H14Cl2F6N2O3S2/c24-19-10-18(20(25)37-19)38(35,36)33(12-13-9-14-3-1-2-4-17(14)32-11-13)16-7-5-15(6-8-16)21(34,22(26,27)28)23(29,30)31/h1-11,34H,12H2. The van der Waals surface area contributed by atoms with Crippen molar-refractivity contribution in [1.29, 1.82) is 0 Å². The number of halogens is 8. The number of hydrogen-bond donors (Lipinski definition) is 1. The molecule has 0 bridgehead atoms. The Hall–Kier alpha value is -2.58. The molecule has 5 nitrogen and oxygen atoms in total. The van der Waals surface area contributed by atoms with E-state index in [0.717, 1.165) is 33.8 Å². The Bertz CT molecular complexity index is 1580. The van der Waals surface area contributed by atoms with Gasteiger partial charge in [0.2, 0.25) is 0 Å². The number of para-hydroxylation sites is 1. The summed E-state index contributed by atoms with van der Waals surface area (Å²) in [5, 5.41) is 10.3. The minimum atomic E-state index is -6.10. The van der Waals surface area contributed by atoms with Crippen molar-refractivity contribution in [2.24, 2.45) is 0 Å². The van der Waals surface area contributed by atoms with Crippen molar-refractivity contribution in [1.82, 2.24) is 4.98 Å². The lowest BCUT2D eigenvalue weighted by atomic mass is 9.92. The maximum atomic E-state index is 13.6. The molecule has 0 aliphatic rings. The number of nitrogens with zero attached hydrogens (tertiary/aromatic N) is 2. The highest BCUT2D eigenvalue weighted by Gasteiger charge is 2.71. The van der Waals surface area contributed by atoms with Gasteiger partial charge in [-0.2, -0.15) is 26.3 Å². The molecule has 2 aromatic carbocycles. The van der Waals surface area contributed by atoms with E-state index in [1.165, 1.54) is 6.20 Å². The number of aromatic nitrogens is 1. The van der Waals surface area contributed by atoms with Crippen LogP contribution in [0.15, 0.2) is 71.8 Å².